The minimum atomic E-state index is -0.272. The van der Waals surface area contributed by atoms with Gasteiger partial charge in [-0.05, 0) is 42.8 Å². The maximum absolute atomic E-state index is 13.2. The molecule has 3 N–H and O–H groups in total. The fraction of sp³-hybridized carbons (Fsp3) is 0.200. The van der Waals surface area contributed by atoms with Crippen molar-refractivity contribution in [3.63, 3.8) is 0 Å². The van der Waals surface area contributed by atoms with Crippen LogP contribution in [0.25, 0.3) is 11.0 Å². The predicted octanol–water partition coefficient (Wildman–Crippen LogP) is 3.75. The molecule has 0 aliphatic heterocycles. The summed E-state index contributed by atoms with van der Waals surface area (Å²) in [6.45, 7) is 2.12. The SMILES string of the molecule is CCc1ccc(C(NN)c2cc3cc(F)ccc3o2)s1. The quantitative estimate of drug-likeness (QED) is 0.568. The van der Waals surface area contributed by atoms with Crippen molar-refractivity contribution in [1.29, 1.82) is 0 Å². The molecule has 0 radical (unpaired) electrons. The van der Waals surface area contributed by atoms with E-state index >= 15 is 0 Å². The van der Waals surface area contributed by atoms with E-state index in [9.17, 15) is 4.39 Å². The van der Waals surface area contributed by atoms with Gasteiger partial charge in [-0.15, -0.1) is 11.3 Å². The summed E-state index contributed by atoms with van der Waals surface area (Å²) in [5.74, 6) is 6.08. The summed E-state index contributed by atoms with van der Waals surface area (Å²) in [5, 5.41) is 0.743. The molecule has 0 spiro atoms. The van der Waals surface area contributed by atoms with Crippen LogP contribution in [0.3, 0.4) is 0 Å². The zero-order valence-corrected chi connectivity index (χ0v) is 11.8. The number of nitrogens with one attached hydrogen (secondary N) is 1. The van der Waals surface area contributed by atoms with Gasteiger partial charge in [0.25, 0.3) is 0 Å². The number of hydrogen-bond acceptors (Lipinski definition) is 4. The highest BCUT2D eigenvalue weighted by Crippen LogP contribution is 2.32. The van der Waals surface area contributed by atoms with Gasteiger partial charge in [0, 0.05) is 15.1 Å². The zero-order valence-electron chi connectivity index (χ0n) is 11.0. The second-order valence-electron chi connectivity index (χ2n) is 4.59. The van der Waals surface area contributed by atoms with Gasteiger partial charge in [-0.25, -0.2) is 9.82 Å². The van der Waals surface area contributed by atoms with Crippen LogP contribution in [0.1, 0.15) is 28.5 Å². The second-order valence-corrected chi connectivity index (χ2v) is 5.79. The topological polar surface area (TPSA) is 51.2 Å². The molecule has 20 heavy (non-hydrogen) atoms. The van der Waals surface area contributed by atoms with Crippen molar-refractivity contribution in [2.45, 2.75) is 19.4 Å². The van der Waals surface area contributed by atoms with Crippen LogP contribution in [0.15, 0.2) is 40.8 Å². The molecule has 2 aromatic heterocycles. The van der Waals surface area contributed by atoms with E-state index in [-0.39, 0.29) is 11.9 Å². The van der Waals surface area contributed by atoms with Gasteiger partial charge in [0.05, 0.1) is 0 Å². The van der Waals surface area contributed by atoms with E-state index < -0.39 is 0 Å². The van der Waals surface area contributed by atoms with Crippen molar-refractivity contribution in [2.75, 3.05) is 0 Å². The third-order valence-electron chi connectivity index (χ3n) is 3.26. The van der Waals surface area contributed by atoms with E-state index in [1.807, 2.05) is 12.1 Å². The van der Waals surface area contributed by atoms with Gasteiger partial charge in [0.2, 0.25) is 0 Å². The summed E-state index contributed by atoms with van der Waals surface area (Å²) < 4.78 is 19.0. The van der Waals surface area contributed by atoms with Crippen molar-refractivity contribution in [3.05, 3.63) is 57.7 Å². The Morgan fingerprint density at radius 1 is 1.30 bits per heavy atom. The maximum Gasteiger partial charge on any atom is 0.134 e. The average Bonchev–Trinajstić information content (AvgIpc) is 3.06. The number of thiophene rings is 1. The van der Waals surface area contributed by atoms with Crippen LogP contribution in [0, 0.1) is 5.82 Å². The Morgan fingerprint density at radius 2 is 2.15 bits per heavy atom. The van der Waals surface area contributed by atoms with Gasteiger partial charge in [-0.2, -0.15) is 0 Å². The number of benzene rings is 1. The van der Waals surface area contributed by atoms with Crippen LogP contribution in [-0.2, 0) is 6.42 Å². The highest BCUT2D eigenvalue weighted by atomic mass is 32.1. The highest BCUT2D eigenvalue weighted by Gasteiger charge is 2.19. The molecule has 1 unspecified atom stereocenters. The smallest absolute Gasteiger partial charge is 0.134 e. The summed E-state index contributed by atoms with van der Waals surface area (Å²) in [6.07, 6.45) is 0.993. The molecule has 104 valence electrons. The molecule has 3 rings (SSSR count). The normalized spacial score (nSPS) is 12.9. The van der Waals surface area contributed by atoms with E-state index in [1.165, 1.54) is 17.0 Å². The van der Waals surface area contributed by atoms with Crippen molar-refractivity contribution in [2.24, 2.45) is 5.84 Å². The molecule has 3 aromatic rings. The van der Waals surface area contributed by atoms with Gasteiger partial charge in [-0.3, -0.25) is 5.84 Å². The third kappa shape index (κ3) is 2.35. The molecule has 5 heteroatoms. The zero-order chi connectivity index (χ0) is 14.1. The Kier molecular flexibility index (Phi) is 3.56. The van der Waals surface area contributed by atoms with E-state index in [1.54, 1.807) is 17.4 Å². The molecule has 0 aliphatic carbocycles. The van der Waals surface area contributed by atoms with Crippen LogP contribution in [-0.4, -0.2) is 0 Å². The molecule has 0 saturated heterocycles. The lowest BCUT2D eigenvalue weighted by Gasteiger charge is -2.10. The van der Waals surface area contributed by atoms with Gasteiger partial charge < -0.3 is 4.42 Å². The van der Waals surface area contributed by atoms with Gasteiger partial charge in [-0.1, -0.05) is 6.92 Å². The number of furan rings is 1. The van der Waals surface area contributed by atoms with Gasteiger partial charge in [0.1, 0.15) is 23.2 Å². The van der Waals surface area contributed by atoms with Crippen LogP contribution in [0.4, 0.5) is 4.39 Å². The monoisotopic (exact) mass is 290 g/mol. The van der Waals surface area contributed by atoms with Crippen molar-refractivity contribution >= 4 is 22.3 Å². The van der Waals surface area contributed by atoms with Crippen LogP contribution in [0.5, 0.6) is 0 Å². The van der Waals surface area contributed by atoms with Crippen LogP contribution < -0.4 is 11.3 Å². The van der Waals surface area contributed by atoms with E-state index in [0.29, 0.717) is 11.3 Å². The number of nitrogens with two attached hydrogens (primary N) is 1. The average molecular weight is 290 g/mol. The van der Waals surface area contributed by atoms with Gasteiger partial charge >= 0.3 is 0 Å². The molecule has 0 bridgehead atoms. The highest BCUT2D eigenvalue weighted by molar-refractivity contribution is 7.12. The third-order valence-corrected chi connectivity index (χ3v) is 4.56. The number of aryl methyl sites for hydroxylation is 1. The van der Waals surface area contributed by atoms with E-state index in [0.717, 1.165) is 16.7 Å². The Balaban J connectivity index is 2.02. The first-order valence-corrected chi connectivity index (χ1v) is 7.26. The van der Waals surface area contributed by atoms with Gasteiger partial charge in [0.15, 0.2) is 0 Å². The van der Waals surface area contributed by atoms with Crippen molar-refractivity contribution in [3.8, 4) is 0 Å². The largest absolute Gasteiger partial charge is 0.459 e. The number of hydrazine groups is 1. The molecule has 0 fully saturated rings. The predicted molar refractivity (Wildman–Crippen MR) is 79.0 cm³/mol. The fourth-order valence-electron chi connectivity index (χ4n) is 2.22. The first-order chi connectivity index (χ1) is 9.71. The molecular formula is C15H15FN2OS. The Morgan fingerprint density at radius 3 is 2.85 bits per heavy atom. The lowest BCUT2D eigenvalue weighted by molar-refractivity contribution is 0.481. The molecule has 3 nitrogen and oxygen atoms in total. The molecule has 0 aliphatic rings. The summed E-state index contributed by atoms with van der Waals surface area (Å²) in [4.78, 5) is 2.38. The molecule has 1 aromatic carbocycles. The molecule has 0 saturated carbocycles. The van der Waals surface area contributed by atoms with Crippen molar-refractivity contribution < 1.29 is 8.81 Å². The summed E-state index contributed by atoms with van der Waals surface area (Å²) in [5.41, 5.74) is 3.43. The fourth-order valence-corrected chi connectivity index (χ4v) is 3.24. The van der Waals surface area contributed by atoms with Crippen LogP contribution >= 0.6 is 11.3 Å². The first-order valence-electron chi connectivity index (χ1n) is 6.45. The summed E-state index contributed by atoms with van der Waals surface area (Å²) in [7, 11) is 0. The Bertz CT molecular complexity index is 734. The number of hydrogen-bond donors (Lipinski definition) is 2. The molecule has 1 atom stereocenters. The standard InChI is InChI=1S/C15H15FN2OS/c1-2-11-4-6-14(20-11)15(18-17)13-8-9-7-10(16)3-5-12(9)19-13/h3-8,15,18H,2,17H2,1H3. The van der Waals surface area contributed by atoms with E-state index in [2.05, 4.69) is 18.4 Å². The summed E-state index contributed by atoms with van der Waals surface area (Å²) >= 11 is 1.70. The molecule has 2 heterocycles. The van der Waals surface area contributed by atoms with Crippen molar-refractivity contribution in [1.82, 2.24) is 5.43 Å². The molecule has 0 amide bonds. The first kappa shape index (κ1) is 13.3. The number of halogens is 1. The second kappa shape index (κ2) is 5.36. The Labute approximate surface area is 120 Å². The number of rotatable bonds is 4. The minimum Gasteiger partial charge on any atom is -0.459 e. The lowest BCUT2D eigenvalue weighted by atomic mass is 10.1. The molecular weight excluding hydrogens is 275 g/mol. The summed E-state index contributed by atoms with van der Waals surface area (Å²) in [6, 6.07) is 10.2. The number of fused-ring (bicyclic) bond motifs is 1. The lowest BCUT2D eigenvalue weighted by Crippen LogP contribution is -2.27. The Hall–Kier alpha value is -1.69. The van der Waals surface area contributed by atoms with E-state index in [4.69, 9.17) is 10.3 Å². The van der Waals surface area contributed by atoms with Crippen LogP contribution in [0.2, 0.25) is 0 Å². The maximum atomic E-state index is 13.2. The minimum absolute atomic E-state index is 0.212.